The summed E-state index contributed by atoms with van der Waals surface area (Å²) in [6.07, 6.45) is 3.52. The number of rotatable bonds is 10. The summed E-state index contributed by atoms with van der Waals surface area (Å²) in [5, 5.41) is 0. The lowest BCUT2D eigenvalue weighted by molar-refractivity contribution is -0.122. The van der Waals surface area contributed by atoms with Crippen LogP contribution in [0.15, 0.2) is 78.0 Å². The van der Waals surface area contributed by atoms with Crippen LogP contribution in [0.3, 0.4) is 0 Å². The third-order valence-electron chi connectivity index (χ3n) is 5.35. The Morgan fingerprint density at radius 1 is 1.03 bits per heavy atom. The number of likely N-dealkylation sites (N-methyl/N-ethyl adjacent to an activating group) is 1. The van der Waals surface area contributed by atoms with Gasteiger partial charge in [0.25, 0.3) is 5.91 Å². The fraction of sp³-hybridized carbons (Fsp3) is 0.240. The first-order valence-electron chi connectivity index (χ1n) is 10.7. The van der Waals surface area contributed by atoms with Gasteiger partial charge >= 0.3 is 0 Å². The molecule has 0 aliphatic heterocycles. The summed E-state index contributed by atoms with van der Waals surface area (Å²) in [5.41, 5.74) is 1.68. The summed E-state index contributed by atoms with van der Waals surface area (Å²) in [5.74, 6) is -1.08. The molecule has 0 saturated heterocycles. The molecule has 34 heavy (non-hydrogen) atoms. The number of Topliss-reactive ketones (excluding diaryl/α,β-unsaturated/α-hetero) is 1. The van der Waals surface area contributed by atoms with Crippen LogP contribution in [0.4, 0.5) is 4.39 Å². The number of ketones is 1. The highest BCUT2D eigenvalue weighted by atomic mass is 32.2. The van der Waals surface area contributed by atoms with Crippen LogP contribution in [0.5, 0.6) is 0 Å². The van der Waals surface area contributed by atoms with Crippen LogP contribution in [-0.2, 0) is 27.7 Å². The van der Waals surface area contributed by atoms with Crippen molar-refractivity contribution in [3.8, 4) is 0 Å². The lowest BCUT2D eigenvalue weighted by atomic mass is 9.97. The standard InChI is InChI=1S/C25H26FN3O4S/c1-3-28-34(32,33)22-12-6-18(7-13-22)16-24(30)23(15-19-5-4-14-27-17-19)29(2)25(31)20-8-10-21(26)11-9-20/h4-14,17,23,28H,3,15-16H2,1-2H3/t23-/m0/s1. The summed E-state index contributed by atoms with van der Waals surface area (Å²) < 4.78 is 40.0. The van der Waals surface area contributed by atoms with Gasteiger partial charge in [0.1, 0.15) is 5.82 Å². The molecule has 3 aromatic rings. The van der Waals surface area contributed by atoms with Gasteiger partial charge in [-0.05, 0) is 53.6 Å². The minimum absolute atomic E-state index is 0.00744. The van der Waals surface area contributed by atoms with Crippen LogP contribution in [0.2, 0.25) is 0 Å². The highest BCUT2D eigenvalue weighted by molar-refractivity contribution is 7.89. The van der Waals surface area contributed by atoms with Crippen molar-refractivity contribution in [3.05, 3.63) is 95.6 Å². The molecular formula is C25H26FN3O4S. The van der Waals surface area contributed by atoms with E-state index in [0.29, 0.717) is 5.56 Å². The second-order valence-electron chi connectivity index (χ2n) is 7.79. The van der Waals surface area contributed by atoms with E-state index in [9.17, 15) is 22.4 Å². The Labute approximate surface area is 198 Å². The Bertz CT molecular complexity index is 1230. The summed E-state index contributed by atoms with van der Waals surface area (Å²) in [4.78, 5) is 31.9. The molecule has 0 aliphatic carbocycles. The van der Waals surface area contributed by atoms with E-state index < -0.39 is 27.8 Å². The molecular weight excluding hydrogens is 457 g/mol. The number of aromatic nitrogens is 1. The zero-order chi connectivity index (χ0) is 24.7. The average Bonchev–Trinajstić information content (AvgIpc) is 2.83. The first kappa shape index (κ1) is 25.2. The van der Waals surface area contributed by atoms with Crippen molar-refractivity contribution >= 4 is 21.7 Å². The maximum absolute atomic E-state index is 13.3. The number of sulfonamides is 1. The predicted molar refractivity (Wildman–Crippen MR) is 126 cm³/mol. The number of hydrogen-bond acceptors (Lipinski definition) is 5. The van der Waals surface area contributed by atoms with Gasteiger partial charge < -0.3 is 4.90 Å². The number of benzene rings is 2. The van der Waals surface area contributed by atoms with Gasteiger partial charge in [0.05, 0.1) is 10.9 Å². The van der Waals surface area contributed by atoms with Gasteiger partial charge in [-0.2, -0.15) is 0 Å². The average molecular weight is 484 g/mol. The summed E-state index contributed by atoms with van der Waals surface area (Å²) in [6.45, 7) is 1.96. The van der Waals surface area contributed by atoms with Crippen LogP contribution < -0.4 is 4.72 Å². The third kappa shape index (κ3) is 6.33. The number of halogens is 1. The number of nitrogens with one attached hydrogen (secondary N) is 1. The molecule has 1 amide bonds. The first-order chi connectivity index (χ1) is 16.2. The molecule has 0 bridgehead atoms. The zero-order valence-corrected chi connectivity index (χ0v) is 19.8. The van der Waals surface area contributed by atoms with Crippen molar-refractivity contribution < 1.29 is 22.4 Å². The quantitative estimate of drug-likeness (QED) is 0.478. The zero-order valence-electron chi connectivity index (χ0n) is 18.9. The van der Waals surface area contributed by atoms with Crippen LogP contribution in [-0.4, -0.2) is 49.6 Å². The number of hydrogen-bond donors (Lipinski definition) is 1. The second kappa shape index (κ2) is 11.1. The van der Waals surface area contributed by atoms with Gasteiger partial charge in [-0.15, -0.1) is 0 Å². The maximum Gasteiger partial charge on any atom is 0.254 e. The van der Waals surface area contributed by atoms with Crippen LogP contribution in [0, 0.1) is 5.82 Å². The Morgan fingerprint density at radius 2 is 1.71 bits per heavy atom. The van der Waals surface area contributed by atoms with Gasteiger partial charge in [0.15, 0.2) is 5.78 Å². The Kier molecular flexibility index (Phi) is 8.25. The molecule has 1 atom stereocenters. The van der Waals surface area contributed by atoms with E-state index in [4.69, 9.17) is 0 Å². The van der Waals surface area contributed by atoms with E-state index in [-0.39, 0.29) is 35.6 Å². The lowest BCUT2D eigenvalue weighted by Gasteiger charge is -2.27. The molecule has 0 aliphatic rings. The molecule has 2 aromatic carbocycles. The van der Waals surface area contributed by atoms with Gasteiger partial charge in [-0.25, -0.2) is 17.5 Å². The molecule has 7 nitrogen and oxygen atoms in total. The van der Waals surface area contributed by atoms with E-state index in [0.717, 1.165) is 5.56 Å². The van der Waals surface area contributed by atoms with Crippen molar-refractivity contribution in [1.82, 2.24) is 14.6 Å². The predicted octanol–water partition coefficient (Wildman–Crippen LogP) is 3.01. The summed E-state index contributed by atoms with van der Waals surface area (Å²) in [7, 11) is -2.05. The fourth-order valence-electron chi connectivity index (χ4n) is 3.53. The van der Waals surface area contributed by atoms with Gasteiger partial charge in [0, 0.05) is 44.4 Å². The van der Waals surface area contributed by atoms with E-state index in [1.807, 2.05) is 6.07 Å². The molecule has 0 radical (unpaired) electrons. The number of amides is 1. The van der Waals surface area contributed by atoms with Crippen LogP contribution in [0.25, 0.3) is 0 Å². The molecule has 9 heteroatoms. The van der Waals surface area contributed by atoms with Crippen LogP contribution >= 0.6 is 0 Å². The first-order valence-corrected chi connectivity index (χ1v) is 12.2. The SMILES string of the molecule is CCNS(=O)(=O)c1ccc(CC(=O)[C@H](Cc2cccnc2)N(C)C(=O)c2ccc(F)cc2)cc1. The topological polar surface area (TPSA) is 96.4 Å². The van der Waals surface area contributed by atoms with Crippen molar-refractivity contribution in [3.63, 3.8) is 0 Å². The molecule has 3 rings (SSSR count). The Hall–Kier alpha value is -3.43. The molecule has 1 aromatic heterocycles. The van der Waals surface area contributed by atoms with E-state index in [2.05, 4.69) is 9.71 Å². The Morgan fingerprint density at radius 3 is 2.29 bits per heavy atom. The molecule has 1 N–H and O–H groups in total. The fourth-order valence-corrected chi connectivity index (χ4v) is 4.57. The normalized spacial score (nSPS) is 12.2. The minimum atomic E-state index is -3.59. The van der Waals surface area contributed by atoms with Crippen LogP contribution in [0.1, 0.15) is 28.4 Å². The van der Waals surface area contributed by atoms with Gasteiger partial charge in [0.2, 0.25) is 10.0 Å². The molecule has 0 fully saturated rings. The Balaban J connectivity index is 1.83. The van der Waals surface area contributed by atoms with Crippen molar-refractivity contribution in [2.45, 2.75) is 30.7 Å². The van der Waals surface area contributed by atoms with Crippen molar-refractivity contribution in [1.29, 1.82) is 0 Å². The largest absolute Gasteiger partial charge is 0.331 e. The van der Waals surface area contributed by atoms with Crippen molar-refractivity contribution in [2.24, 2.45) is 0 Å². The summed E-state index contributed by atoms with van der Waals surface area (Å²) >= 11 is 0. The number of carbonyl (C=O) groups excluding carboxylic acids is 2. The van der Waals surface area contributed by atoms with E-state index in [1.165, 1.54) is 48.3 Å². The summed E-state index contributed by atoms with van der Waals surface area (Å²) in [6, 6.07) is 14.0. The van der Waals surface area contributed by atoms with Gasteiger partial charge in [-0.3, -0.25) is 14.6 Å². The maximum atomic E-state index is 13.3. The number of pyridine rings is 1. The van der Waals surface area contributed by atoms with E-state index in [1.54, 1.807) is 37.5 Å². The molecule has 0 spiro atoms. The molecule has 1 heterocycles. The third-order valence-corrected chi connectivity index (χ3v) is 6.91. The lowest BCUT2D eigenvalue weighted by Crippen LogP contribution is -2.44. The number of nitrogens with zero attached hydrogens (tertiary/aromatic N) is 2. The van der Waals surface area contributed by atoms with E-state index >= 15 is 0 Å². The molecule has 178 valence electrons. The smallest absolute Gasteiger partial charge is 0.254 e. The molecule has 0 saturated carbocycles. The van der Waals surface area contributed by atoms with Crippen molar-refractivity contribution in [2.75, 3.05) is 13.6 Å². The second-order valence-corrected chi connectivity index (χ2v) is 9.56. The highest BCUT2D eigenvalue weighted by Gasteiger charge is 2.28. The number of carbonyl (C=O) groups is 2. The highest BCUT2D eigenvalue weighted by Crippen LogP contribution is 2.17. The van der Waals surface area contributed by atoms with Gasteiger partial charge in [-0.1, -0.05) is 25.1 Å². The molecule has 0 unspecified atom stereocenters. The monoisotopic (exact) mass is 483 g/mol. The minimum Gasteiger partial charge on any atom is -0.331 e.